The number of hydrogen-bond acceptors (Lipinski definition) is 4. The number of likely N-dealkylation sites (N-methyl/N-ethyl adjacent to an activating group) is 1. The van der Waals surface area contributed by atoms with Crippen molar-refractivity contribution in [1.29, 1.82) is 0 Å². The first-order chi connectivity index (χ1) is 10.1. The van der Waals surface area contributed by atoms with Gasteiger partial charge in [-0.3, -0.25) is 4.79 Å². The number of aromatic amines is 1. The van der Waals surface area contributed by atoms with Crippen molar-refractivity contribution in [2.24, 2.45) is 0 Å². The molecule has 0 radical (unpaired) electrons. The van der Waals surface area contributed by atoms with Crippen LogP contribution in [0.3, 0.4) is 0 Å². The zero-order chi connectivity index (χ0) is 15.2. The number of thioether (sulfide) groups is 1. The molecule has 0 aliphatic carbocycles. The molecule has 0 spiro atoms. The Morgan fingerprint density at radius 2 is 2.29 bits per heavy atom. The average Bonchev–Trinajstić information content (AvgIpc) is 2.86. The maximum absolute atomic E-state index is 11.8. The van der Waals surface area contributed by atoms with Crippen molar-refractivity contribution in [2.45, 2.75) is 13.5 Å². The number of H-pyrrole nitrogens is 1. The molecule has 1 aromatic carbocycles. The molecule has 2 aromatic rings. The Bertz CT molecular complexity index is 612. The maximum Gasteiger partial charge on any atom is 0.248 e. The fraction of sp³-hybridized carbons (Fsp3) is 0.467. The van der Waals surface area contributed by atoms with Crippen LogP contribution < -0.4 is 0 Å². The third-order valence-electron chi connectivity index (χ3n) is 3.21. The van der Waals surface area contributed by atoms with Crippen LogP contribution in [-0.4, -0.2) is 53.0 Å². The molecule has 0 atom stereocenters. The molecule has 1 heterocycles. The first kappa shape index (κ1) is 15.9. The van der Waals surface area contributed by atoms with Gasteiger partial charge in [0.25, 0.3) is 0 Å². The molecule has 1 aromatic heterocycles. The molecule has 2 rings (SSSR count). The molecule has 114 valence electrons. The largest absolute Gasteiger partial charge is 0.364 e. The first-order valence-electron chi connectivity index (χ1n) is 6.86. The van der Waals surface area contributed by atoms with E-state index < -0.39 is 0 Å². The van der Waals surface area contributed by atoms with Crippen LogP contribution in [0.4, 0.5) is 0 Å². The number of hydrogen-bond donors (Lipinski definition) is 1. The van der Waals surface area contributed by atoms with Crippen molar-refractivity contribution in [1.82, 2.24) is 14.9 Å². The van der Waals surface area contributed by atoms with Gasteiger partial charge in [0.05, 0.1) is 11.0 Å². The highest BCUT2D eigenvalue weighted by Gasteiger charge is 2.09. The molecule has 0 saturated heterocycles. The van der Waals surface area contributed by atoms with Crippen molar-refractivity contribution >= 4 is 28.7 Å². The molecule has 6 heteroatoms. The monoisotopic (exact) mass is 307 g/mol. The molecule has 0 aliphatic heterocycles. The third kappa shape index (κ3) is 4.47. The second kappa shape index (κ2) is 7.47. The Morgan fingerprint density at radius 1 is 1.48 bits per heavy atom. The number of imidazole rings is 1. The van der Waals surface area contributed by atoms with Crippen molar-refractivity contribution in [3.05, 3.63) is 29.6 Å². The first-order valence-corrected chi connectivity index (χ1v) is 8.25. The van der Waals surface area contributed by atoms with Gasteiger partial charge >= 0.3 is 0 Å². The zero-order valence-corrected chi connectivity index (χ0v) is 13.5. The number of carbonyl (C=O) groups is 1. The number of aromatic nitrogens is 2. The quantitative estimate of drug-likeness (QED) is 0.852. The fourth-order valence-corrected chi connectivity index (χ4v) is 2.40. The lowest BCUT2D eigenvalue weighted by molar-refractivity contribution is -0.135. The van der Waals surface area contributed by atoms with Gasteiger partial charge in [-0.05, 0) is 30.9 Å². The summed E-state index contributed by atoms with van der Waals surface area (Å²) in [5.41, 5.74) is 3.10. The van der Waals surface area contributed by atoms with Crippen molar-refractivity contribution in [2.75, 3.05) is 32.2 Å². The van der Waals surface area contributed by atoms with Crippen LogP contribution in [0, 0.1) is 6.92 Å². The number of rotatable bonds is 7. The summed E-state index contributed by atoms with van der Waals surface area (Å²) in [6, 6.07) is 6.05. The molecular weight excluding hydrogens is 286 g/mol. The van der Waals surface area contributed by atoms with E-state index in [1.807, 2.05) is 31.4 Å². The Morgan fingerprint density at radius 3 is 3.05 bits per heavy atom. The lowest BCUT2D eigenvalue weighted by Crippen LogP contribution is -2.32. The highest BCUT2D eigenvalue weighted by Crippen LogP contribution is 2.13. The molecule has 1 amide bonds. The molecule has 0 unspecified atom stereocenters. The Labute approximate surface area is 129 Å². The number of nitrogens with one attached hydrogen (secondary N) is 1. The van der Waals surface area contributed by atoms with E-state index in [4.69, 9.17) is 4.74 Å². The van der Waals surface area contributed by atoms with E-state index in [2.05, 4.69) is 9.97 Å². The van der Waals surface area contributed by atoms with Gasteiger partial charge in [-0.2, -0.15) is 11.8 Å². The minimum atomic E-state index is -0.00370. The number of carbonyl (C=O) groups excluding carboxylic acids is 1. The summed E-state index contributed by atoms with van der Waals surface area (Å²) in [4.78, 5) is 21.2. The summed E-state index contributed by atoms with van der Waals surface area (Å²) in [5.74, 6) is 1.68. The van der Waals surface area contributed by atoms with Gasteiger partial charge in [-0.25, -0.2) is 4.98 Å². The lowest BCUT2D eigenvalue weighted by Gasteiger charge is -2.16. The predicted molar refractivity (Wildman–Crippen MR) is 86.5 cm³/mol. The van der Waals surface area contributed by atoms with Gasteiger partial charge in [-0.15, -0.1) is 0 Å². The number of benzene rings is 1. The van der Waals surface area contributed by atoms with Crippen LogP contribution in [0.1, 0.15) is 11.4 Å². The number of fused-ring (bicyclic) bond motifs is 1. The molecule has 21 heavy (non-hydrogen) atoms. The second-order valence-corrected chi connectivity index (χ2v) is 5.99. The highest BCUT2D eigenvalue weighted by atomic mass is 32.2. The van der Waals surface area contributed by atoms with Crippen LogP contribution in [0.25, 0.3) is 11.0 Å². The summed E-state index contributed by atoms with van der Waals surface area (Å²) in [6.45, 7) is 3.18. The minimum absolute atomic E-state index is 0.00370. The van der Waals surface area contributed by atoms with E-state index in [0.29, 0.717) is 6.61 Å². The zero-order valence-electron chi connectivity index (χ0n) is 12.7. The normalized spacial score (nSPS) is 11.0. The smallest absolute Gasteiger partial charge is 0.248 e. The van der Waals surface area contributed by atoms with E-state index >= 15 is 0 Å². The Balaban J connectivity index is 1.83. The van der Waals surface area contributed by atoms with Crippen LogP contribution in [0.2, 0.25) is 0 Å². The van der Waals surface area contributed by atoms with Gasteiger partial charge < -0.3 is 14.6 Å². The van der Waals surface area contributed by atoms with Gasteiger partial charge in [0.2, 0.25) is 5.91 Å². The molecule has 0 saturated carbocycles. The van der Waals surface area contributed by atoms with Crippen LogP contribution in [0.15, 0.2) is 18.2 Å². The van der Waals surface area contributed by atoms with Gasteiger partial charge in [0.1, 0.15) is 19.0 Å². The molecule has 5 nitrogen and oxygen atoms in total. The SMILES string of the molecule is CSCCN(C)C(=O)COCc1nc2ccc(C)cc2[nH]1. The van der Waals surface area contributed by atoms with E-state index in [1.165, 1.54) is 5.56 Å². The van der Waals surface area contributed by atoms with E-state index in [1.54, 1.807) is 23.7 Å². The summed E-state index contributed by atoms with van der Waals surface area (Å²) < 4.78 is 5.45. The molecule has 1 N–H and O–H groups in total. The summed E-state index contributed by atoms with van der Waals surface area (Å²) in [5, 5.41) is 0. The van der Waals surface area contributed by atoms with Crippen molar-refractivity contribution < 1.29 is 9.53 Å². The molecular formula is C15H21N3O2S. The summed E-state index contributed by atoms with van der Waals surface area (Å²) in [7, 11) is 1.80. The molecule has 0 aliphatic rings. The van der Waals surface area contributed by atoms with Crippen LogP contribution in [0.5, 0.6) is 0 Å². The second-order valence-electron chi connectivity index (χ2n) is 5.00. The number of aryl methyl sites for hydroxylation is 1. The third-order valence-corrected chi connectivity index (χ3v) is 3.80. The van der Waals surface area contributed by atoms with E-state index in [-0.39, 0.29) is 12.5 Å². The number of nitrogens with zero attached hydrogens (tertiary/aromatic N) is 2. The van der Waals surface area contributed by atoms with E-state index in [9.17, 15) is 4.79 Å². The predicted octanol–water partition coefficient (Wildman–Crippen LogP) is 2.21. The molecule has 0 bridgehead atoms. The van der Waals surface area contributed by atoms with Gasteiger partial charge in [0, 0.05) is 19.3 Å². The minimum Gasteiger partial charge on any atom is -0.364 e. The fourth-order valence-electron chi connectivity index (χ4n) is 1.94. The highest BCUT2D eigenvalue weighted by molar-refractivity contribution is 7.98. The summed E-state index contributed by atoms with van der Waals surface area (Å²) >= 11 is 1.72. The van der Waals surface area contributed by atoms with Crippen LogP contribution >= 0.6 is 11.8 Å². The number of ether oxygens (including phenoxy) is 1. The Kier molecular flexibility index (Phi) is 5.64. The maximum atomic E-state index is 11.8. The summed E-state index contributed by atoms with van der Waals surface area (Å²) in [6.07, 6.45) is 2.03. The lowest BCUT2D eigenvalue weighted by atomic mass is 10.2. The van der Waals surface area contributed by atoms with Crippen LogP contribution in [-0.2, 0) is 16.1 Å². The van der Waals surface area contributed by atoms with Gasteiger partial charge in [0.15, 0.2) is 0 Å². The topological polar surface area (TPSA) is 58.2 Å². The Hall–Kier alpha value is -1.53. The van der Waals surface area contributed by atoms with E-state index in [0.717, 1.165) is 29.2 Å². The number of amides is 1. The van der Waals surface area contributed by atoms with Crippen molar-refractivity contribution in [3.8, 4) is 0 Å². The van der Waals surface area contributed by atoms with Gasteiger partial charge in [-0.1, -0.05) is 6.07 Å². The standard InChI is InChI=1S/C15H21N3O2S/c1-11-4-5-12-13(8-11)17-14(16-12)9-20-10-15(19)18(2)6-7-21-3/h4-5,8H,6-7,9-10H2,1-3H3,(H,16,17). The average molecular weight is 307 g/mol. The van der Waals surface area contributed by atoms with Crippen molar-refractivity contribution in [3.63, 3.8) is 0 Å². The molecule has 0 fully saturated rings.